The molecule has 1 unspecified atom stereocenters. The van der Waals surface area contributed by atoms with E-state index in [0.29, 0.717) is 13.2 Å². The van der Waals surface area contributed by atoms with E-state index in [0.717, 1.165) is 63.7 Å². The van der Waals surface area contributed by atoms with Gasteiger partial charge in [-0.05, 0) is 39.5 Å². The lowest BCUT2D eigenvalue weighted by Gasteiger charge is -2.24. The summed E-state index contributed by atoms with van der Waals surface area (Å²) in [5.41, 5.74) is -0.00392. The molecule has 3 N–H and O–H groups in total. The van der Waals surface area contributed by atoms with Crippen LogP contribution in [0.3, 0.4) is 0 Å². The lowest BCUT2D eigenvalue weighted by Crippen LogP contribution is -2.39. The molecule has 2 rings (SSSR count). The number of unbranched alkanes of at least 4 members (excludes halogenated alkanes) is 1. The SMILES string of the molecule is CCNC(=NCC1(CCO)CCOC1)NCCCCn1ccnc1C. The number of aliphatic hydroxyl groups excluding tert-OH is 1. The van der Waals surface area contributed by atoms with Crippen molar-refractivity contribution < 1.29 is 9.84 Å². The number of nitrogens with zero attached hydrogens (tertiary/aromatic N) is 3. The molecule has 0 spiro atoms. The van der Waals surface area contributed by atoms with Crippen LogP contribution in [0.2, 0.25) is 0 Å². The molecule has 1 aliphatic heterocycles. The topological polar surface area (TPSA) is 83.7 Å². The molecule has 1 aromatic rings. The Morgan fingerprint density at radius 1 is 1.44 bits per heavy atom. The van der Waals surface area contributed by atoms with Crippen LogP contribution in [0.15, 0.2) is 17.4 Å². The van der Waals surface area contributed by atoms with Gasteiger partial charge in [0.15, 0.2) is 5.96 Å². The van der Waals surface area contributed by atoms with E-state index in [4.69, 9.17) is 9.73 Å². The quantitative estimate of drug-likeness (QED) is 0.336. The summed E-state index contributed by atoms with van der Waals surface area (Å²) in [6.45, 7) is 9.18. The van der Waals surface area contributed by atoms with Gasteiger partial charge in [-0.3, -0.25) is 4.99 Å². The van der Waals surface area contributed by atoms with Crippen LogP contribution in [0.4, 0.5) is 0 Å². The normalized spacial score (nSPS) is 20.8. The molecule has 7 nitrogen and oxygen atoms in total. The molecule has 0 amide bonds. The first-order valence-corrected chi connectivity index (χ1v) is 9.38. The Morgan fingerprint density at radius 3 is 2.96 bits per heavy atom. The minimum absolute atomic E-state index is 0.00392. The summed E-state index contributed by atoms with van der Waals surface area (Å²) in [7, 11) is 0. The summed E-state index contributed by atoms with van der Waals surface area (Å²) in [6, 6.07) is 0. The van der Waals surface area contributed by atoms with Crippen molar-refractivity contribution in [2.24, 2.45) is 10.4 Å². The van der Waals surface area contributed by atoms with Crippen molar-refractivity contribution >= 4 is 5.96 Å². The zero-order chi connectivity index (χ0) is 18.0. The van der Waals surface area contributed by atoms with E-state index in [9.17, 15) is 5.11 Å². The molecule has 0 aliphatic carbocycles. The van der Waals surface area contributed by atoms with Crippen LogP contribution < -0.4 is 10.6 Å². The Bertz CT molecular complexity index is 523. The molecule has 2 heterocycles. The largest absolute Gasteiger partial charge is 0.396 e. The predicted molar refractivity (Wildman–Crippen MR) is 99.8 cm³/mol. The predicted octanol–water partition coefficient (Wildman–Crippen LogP) is 1.32. The first-order valence-electron chi connectivity index (χ1n) is 9.38. The van der Waals surface area contributed by atoms with Crippen LogP contribution in [-0.2, 0) is 11.3 Å². The van der Waals surface area contributed by atoms with Gasteiger partial charge in [0.2, 0.25) is 0 Å². The van der Waals surface area contributed by atoms with Crippen LogP contribution in [0.1, 0.15) is 38.4 Å². The third-order valence-corrected chi connectivity index (χ3v) is 4.79. The Kier molecular flexibility index (Phi) is 8.21. The smallest absolute Gasteiger partial charge is 0.191 e. The van der Waals surface area contributed by atoms with Gasteiger partial charge < -0.3 is 25.0 Å². The number of ether oxygens (including phenoxy) is 1. The van der Waals surface area contributed by atoms with E-state index in [1.165, 1.54) is 0 Å². The van der Waals surface area contributed by atoms with Crippen molar-refractivity contribution in [1.82, 2.24) is 20.2 Å². The number of aryl methyl sites for hydroxylation is 2. The fourth-order valence-electron chi connectivity index (χ4n) is 3.13. The monoisotopic (exact) mass is 351 g/mol. The Balaban J connectivity index is 1.74. The fraction of sp³-hybridized carbons (Fsp3) is 0.778. The number of aliphatic hydroxyl groups is 1. The summed E-state index contributed by atoms with van der Waals surface area (Å²) >= 11 is 0. The third kappa shape index (κ3) is 6.32. The number of hydrogen-bond acceptors (Lipinski definition) is 4. The number of aliphatic imine (C=N–C) groups is 1. The lowest BCUT2D eigenvalue weighted by molar-refractivity contribution is 0.131. The van der Waals surface area contributed by atoms with E-state index in [1.54, 1.807) is 0 Å². The Labute approximate surface area is 150 Å². The highest BCUT2D eigenvalue weighted by atomic mass is 16.5. The summed E-state index contributed by atoms with van der Waals surface area (Å²) in [5.74, 6) is 1.92. The van der Waals surface area contributed by atoms with Gasteiger partial charge in [-0.1, -0.05) is 0 Å². The number of guanidine groups is 1. The molecule has 0 radical (unpaired) electrons. The summed E-state index contributed by atoms with van der Waals surface area (Å²) < 4.78 is 7.71. The molecule has 1 atom stereocenters. The van der Waals surface area contributed by atoms with Crippen LogP contribution >= 0.6 is 0 Å². The maximum atomic E-state index is 9.32. The van der Waals surface area contributed by atoms with Crippen molar-refractivity contribution in [3.8, 4) is 0 Å². The fourth-order valence-corrected chi connectivity index (χ4v) is 3.13. The molecule has 0 saturated carbocycles. The van der Waals surface area contributed by atoms with Crippen molar-refractivity contribution in [1.29, 1.82) is 0 Å². The van der Waals surface area contributed by atoms with Crippen LogP contribution in [0, 0.1) is 12.3 Å². The number of aromatic nitrogens is 2. The number of hydrogen-bond donors (Lipinski definition) is 3. The molecular weight excluding hydrogens is 318 g/mol. The highest BCUT2D eigenvalue weighted by Crippen LogP contribution is 2.32. The molecular formula is C18H33N5O2. The van der Waals surface area contributed by atoms with E-state index < -0.39 is 0 Å². The zero-order valence-electron chi connectivity index (χ0n) is 15.6. The van der Waals surface area contributed by atoms with Gasteiger partial charge in [-0.2, -0.15) is 0 Å². The molecule has 0 bridgehead atoms. The van der Waals surface area contributed by atoms with Gasteiger partial charge >= 0.3 is 0 Å². The third-order valence-electron chi connectivity index (χ3n) is 4.79. The number of imidazole rings is 1. The summed E-state index contributed by atoms with van der Waals surface area (Å²) in [5, 5.41) is 16.0. The second-order valence-electron chi connectivity index (χ2n) is 6.77. The van der Waals surface area contributed by atoms with Crippen molar-refractivity contribution in [3.05, 3.63) is 18.2 Å². The molecule has 142 valence electrons. The van der Waals surface area contributed by atoms with E-state index in [-0.39, 0.29) is 12.0 Å². The molecule has 7 heteroatoms. The first-order chi connectivity index (χ1) is 12.2. The number of rotatable bonds is 10. The highest BCUT2D eigenvalue weighted by molar-refractivity contribution is 5.79. The van der Waals surface area contributed by atoms with Gasteiger partial charge in [-0.25, -0.2) is 4.98 Å². The Hall–Kier alpha value is -1.60. The minimum atomic E-state index is -0.00392. The van der Waals surface area contributed by atoms with Crippen molar-refractivity contribution in [2.45, 2.75) is 46.1 Å². The van der Waals surface area contributed by atoms with Crippen molar-refractivity contribution in [3.63, 3.8) is 0 Å². The average Bonchev–Trinajstić information content (AvgIpc) is 3.22. The zero-order valence-corrected chi connectivity index (χ0v) is 15.6. The van der Waals surface area contributed by atoms with Crippen LogP contribution in [0.25, 0.3) is 0 Å². The van der Waals surface area contributed by atoms with Gasteiger partial charge in [-0.15, -0.1) is 0 Å². The van der Waals surface area contributed by atoms with Gasteiger partial charge in [0.1, 0.15) is 5.82 Å². The molecule has 1 aromatic heterocycles. The maximum absolute atomic E-state index is 9.32. The van der Waals surface area contributed by atoms with Crippen LogP contribution in [0.5, 0.6) is 0 Å². The molecule has 1 aliphatic rings. The second-order valence-corrected chi connectivity index (χ2v) is 6.77. The first kappa shape index (κ1) is 19.7. The molecule has 1 saturated heterocycles. The molecule has 0 aromatic carbocycles. The standard InChI is InChI=1S/C18H33N5O2/c1-3-19-17(22-14-18(6-12-24)7-13-25-15-18)21-8-4-5-10-23-11-9-20-16(23)2/h9,11,24H,3-8,10,12-15H2,1-2H3,(H2,19,21,22). The summed E-state index contributed by atoms with van der Waals surface area (Å²) in [4.78, 5) is 8.98. The van der Waals surface area contributed by atoms with E-state index in [2.05, 4.69) is 27.1 Å². The van der Waals surface area contributed by atoms with Crippen LogP contribution in [-0.4, -0.2) is 60.1 Å². The minimum Gasteiger partial charge on any atom is -0.396 e. The summed E-state index contributed by atoms with van der Waals surface area (Å²) in [6.07, 6.45) is 7.77. The van der Waals surface area contributed by atoms with Gasteiger partial charge in [0, 0.05) is 50.7 Å². The highest BCUT2D eigenvalue weighted by Gasteiger charge is 2.34. The number of nitrogens with one attached hydrogen (secondary N) is 2. The second kappa shape index (κ2) is 10.4. The average molecular weight is 351 g/mol. The van der Waals surface area contributed by atoms with E-state index in [1.807, 2.05) is 19.3 Å². The van der Waals surface area contributed by atoms with E-state index >= 15 is 0 Å². The van der Waals surface area contributed by atoms with Gasteiger partial charge in [0.05, 0.1) is 13.2 Å². The molecule has 25 heavy (non-hydrogen) atoms. The Morgan fingerprint density at radius 2 is 2.32 bits per heavy atom. The maximum Gasteiger partial charge on any atom is 0.191 e. The van der Waals surface area contributed by atoms with Crippen molar-refractivity contribution in [2.75, 3.05) is 39.5 Å². The molecule has 1 fully saturated rings. The van der Waals surface area contributed by atoms with Gasteiger partial charge in [0.25, 0.3) is 0 Å². The lowest BCUT2D eigenvalue weighted by atomic mass is 9.84.